The molecule has 0 bridgehead atoms. The summed E-state index contributed by atoms with van der Waals surface area (Å²) in [5.41, 5.74) is 12.4. The topological polar surface area (TPSA) is 29.3 Å². The summed E-state index contributed by atoms with van der Waals surface area (Å²) in [5.74, 6) is 0.769. The van der Waals surface area contributed by atoms with Gasteiger partial charge in [-0.3, -0.25) is 0 Å². The minimum atomic E-state index is 0.547. The van der Waals surface area contributed by atoms with Gasteiger partial charge in [0.1, 0.15) is 0 Å². The number of nitrogens with zero attached hydrogens (tertiary/aromatic N) is 1. The average Bonchev–Trinajstić information content (AvgIpc) is 3.03. The van der Waals surface area contributed by atoms with E-state index in [0.29, 0.717) is 5.41 Å². The predicted molar refractivity (Wildman–Crippen MR) is 70.1 cm³/mol. The second-order valence-electron chi connectivity index (χ2n) is 6.35. The van der Waals surface area contributed by atoms with Crippen molar-refractivity contribution in [3.8, 4) is 0 Å². The van der Waals surface area contributed by atoms with E-state index >= 15 is 0 Å². The summed E-state index contributed by atoms with van der Waals surface area (Å²) in [5, 5.41) is 0. The Hall–Kier alpha value is -1.02. The fourth-order valence-electron chi connectivity index (χ4n) is 4.10. The van der Waals surface area contributed by atoms with Gasteiger partial charge in [-0.15, -0.1) is 0 Å². The summed E-state index contributed by atoms with van der Waals surface area (Å²) in [4.78, 5) is 2.45. The molecule has 3 aliphatic rings. The maximum Gasteiger partial charge on any atom is 0.0320 e. The maximum atomic E-state index is 6.10. The standard InChI is InChI=1S/C15H20N2/c1-17-8-10-2-3-15(4-5-15)13-7-12(16)6-11(9-17)14(10)13/h6-7,10H,2-5,8-9,16H2,1H3/t10-/m1/s1. The lowest BCUT2D eigenvalue weighted by Gasteiger charge is -2.40. The van der Waals surface area contributed by atoms with Gasteiger partial charge in [0.05, 0.1) is 0 Å². The molecule has 1 aromatic rings. The Balaban J connectivity index is 1.95. The maximum absolute atomic E-state index is 6.10. The summed E-state index contributed by atoms with van der Waals surface area (Å²) in [6.45, 7) is 2.32. The number of nitrogens with two attached hydrogens (primary N) is 1. The van der Waals surface area contributed by atoms with Gasteiger partial charge in [0.2, 0.25) is 0 Å². The first-order valence-electron chi connectivity index (χ1n) is 6.79. The first-order valence-corrected chi connectivity index (χ1v) is 6.79. The SMILES string of the molecule is CN1Cc2cc(N)cc3c2[C@H](CCC32CC2)C1. The number of hydrogen-bond donors (Lipinski definition) is 1. The third kappa shape index (κ3) is 1.30. The second-order valence-corrected chi connectivity index (χ2v) is 6.35. The highest BCUT2D eigenvalue weighted by Crippen LogP contribution is 2.59. The Morgan fingerprint density at radius 1 is 1.29 bits per heavy atom. The number of hydrogen-bond acceptors (Lipinski definition) is 2. The summed E-state index contributed by atoms with van der Waals surface area (Å²) < 4.78 is 0. The predicted octanol–water partition coefficient (Wildman–Crippen LogP) is 2.62. The van der Waals surface area contributed by atoms with Gasteiger partial charge in [0.25, 0.3) is 0 Å². The van der Waals surface area contributed by atoms with Crippen LogP contribution in [0.2, 0.25) is 0 Å². The number of fused-ring (bicyclic) bond motifs is 1. The van der Waals surface area contributed by atoms with Gasteiger partial charge in [0.15, 0.2) is 0 Å². The number of benzene rings is 1. The third-order valence-electron chi connectivity index (χ3n) is 5.06. The van der Waals surface area contributed by atoms with Gasteiger partial charge in [-0.05, 0) is 72.9 Å². The molecule has 17 heavy (non-hydrogen) atoms. The van der Waals surface area contributed by atoms with Crippen LogP contribution in [0.1, 0.15) is 48.3 Å². The Labute approximate surface area is 103 Å². The van der Waals surface area contributed by atoms with Crippen molar-refractivity contribution in [2.24, 2.45) is 0 Å². The summed E-state index contributed by atoms with van der Waals surface area (Å²) >= 11 is 0. The van der Waals surface area contributed by atoms with Gasteiger partial charge in [-0.1, -0.05) is 0 Å². The zero-order valence-corrected chi connectivity index (χ0v) is 10.5. The Bertz CT molecular complexity index is 488. The van der Waals surface area contributed by atoms with E-state index in [1.54, 1.807) is 11.1 Å². The van der Waals surface area contributed by atoms with Crippen molar-refractivity contribution < 1.29 is 0 Å². The van der Waals surface area contributed by atoms with Crippen molar-refractivity contribution in [3.63, 3.8) is 0 Å². The van der Waals surface area contributed by atoms with Crippen molar-refractivity contribution in [2.45, 2.75) is 43.6 Å². The molecule has 2 N–H and O–H groups in total. The fraction of sp³-hybridized carbons (Fsp3) is 0.600. The summed E-state index contributed by atoms with van der Waals surface area (Å²) in [6, 6.07) is 4.49. The number of nitrogen functional groups attached to an aromatic ring is 1. The minimum Gasteiger partial charge on any atom is -0.399 e. The Morgan fingerprint density at radius 3 is 2.88 bits per heavy atom. The fourth-order valence-corrected chi connectivity index (χ4v) is 4.10. The third-order valence-corrected chi connectivity index (χ3v) is 5.06. The quantitative estimate of drug-likeness (QED) is 0.692. The molecule has 0 amide bonds. The number of anilines is 1. The van der Waals surface area contributed by atoms with Crippen LogP contribution in [-0.2, 0) is 12.0 Å². The van der Waals surface area contributed by atoms with Crippen LogP contribution in [0.25, 0.3) is 0 Å². The van der Waals surface area contributed by atoms with Crippen molar-refractivity contribution >= 4 is 5.69 Å². The number of likely N-dealkylation sites (N-methyl/N-ethyl adjacent to an activating group) is 1. The van der Waals surface area contributed by atoms with Gasteiger partial charge in [0, 0.05) is 18.8 Å². The molecular weight excluding hydrogens is 208 g/mol. The van der Waals surface area contributed by atoms with Crippen LogP contribution in [-0.4, -0.2) is 18.5 Å². The molecule has 2 aliphatic carbocycles. The molecule has 1 saturated carbocycles. The molecule has 2 heteroatoms. The van der Waals surface area contributed by atoms with E-state index in [9.17, 15) is 0 Å². The monoisotopic (exact) mass is 228 g/mol. The van der Waals surface area contributed by atoms with Crippen molar-refractivity contribution in [1.29, 1.82) is 0 Å². The van der Waals surface area contributed by atoms with Crippen molar-refractivity contribution in [1.82, 2.24) is 4.90 Å². The van der Waals surface area contributed by atoms with Crippen LogP contribution >= 0.6 is 0 Å². The minimum absolute atomic E-state index is 0.547. The highest BCUT2D eigenvalue weighted by molar-refractivity contribution is 5.57. The zero-order valence-electron chi connectivity index (χ0n) is 10.5. The molecule has 1 spiro atoms. The van der Waals surface area contributed by atoms with Gasteiger partial charge in [-0.25, -0.2) is 0 Å². The molecule has 0 saturated heterocycles. The van der Waals surface area contributed by atoms with Crippen molar-refractivity contribution in [2.75, 3.05) is 19.3 Å². The van der Waals surface area contributed by atoms with E-state index in [1.807, 2.05) is 0 Å². The molecule has 90 valence electrons. The lowest BCUT2D eigenvalue weighted by Crippen LogP contribution is -2.35. The highest BCUT2D eigenvalue weighted by atomic mass is 15.1. The molecule has 0 aromatic heterocycles. The summed E-state index contributed by atoms with van der Waals surface area (Å²) in [7, 11) is 2.23. The zero-order chi connectivity index (χ0) is 11.6. The molecule has 1 heterocycles. The van der Waals surface area contributed by atoms with Crippen LogP contribution in [0.3, 0.4) is 0 Å². The first-order chi connectivity index (χ1) is 8.18. The van der Waals surface area contributed by atoms with Crippen LogP contribution in [0.15, 0.2) is 12.1 Å². The normalized spacial score (nSPS) is 29.1. The Kier molecular flexibility index (Phi) is 1.79. The van der Waals surface area contributed by atoms with Crippen LogP contribution in [0, 0.1) is 0 Å². The van der Waals surface area contributed by atoms with Gasteiger partial charge in [-0.2, -0.15) is 0 Å². The largest absolute Gasteiger partial charge is 0.399 e. The molecule has 1 aliphatic heterocycles. The average molecular weight is 228 g/mol. The highest BCUT2D eigenvalue weighted by Gasteiger charge is 2.49. The lowest BCUT2D eigenvalue weighted by molar-refractivity contribution is 0.259. The summed E-state index contributed by atoms with van der Waals surface area (Å²) in [6.07, 6.45) is 5.56. The molecular formula is C15H20N2. The van der Waals surface area contributed by atoms with E-state index < -0.39 is 0 Å². The molecule has 1 aromatic carbocycles. The van der Waals surface area contributed by atoms with Crippen LogP contribution in [0.5, 0.6) is 0 Å². The molecule has 0 unspecified atom stereocenters. The second kappa shape index (κ2) is 3.05. The van der Waals surface area contributed by atoms with E-state index in [1.165, 1.54) is 37.8 Å². The van der Waals surface area contributed by atoms with Gasteiger partial charge < -0.3 is 10.6 Å². The molecule has 1 fully saturated rings. The van der Waals surface area contributed by atoms with E-state index in [0.717, 1.165) is 18.2 Å². The first kappa shape index (κ1) is 9.95. The van der Waals surface area contributed by atoms with Gasteiger partial charge >= 0.3 is 0 Å². The molecule has 1 atom stereocenters. The van der Waals surface area contributed by atoms with Crippen LogP contribution < -0.4 is 5.73 Å². The smallest absolute Gasteiger partial charge is 0.0320 e. The molecule has 2 nitrogen and oxygen atoms in total. The van der Waals surface area contributed by atoms with E-state index in [4.69, 9.17) is 5.73 Å². The molecule has 0 radical (unpaired) electrons. The van der Waals surface area contributed by atoms with Crippen molar-refractivity contribution in [3.05, 3.63) is 28.8 Å². The lowest BCUT2D eigenvalue weighted by atomic mass is 9.71. The van der Waals surface area contributed by atoms with E-state index in [-0.39, 0.29) is 0 Å². The van der Waals surface area contributed by atoms with E-state index in [2.05, 4.69) is 24.1 Å². The Morgan fingerprint density at radius 2 is 2.12 bits per heavy atom. The molecule has 4 rings (SSSR count). The van der Waals surface area contributed by atoms with Crippen LogP contribution in [0.4, 0.5) is 5.69 Å². The number of rotatable bonds is 0.